The Morgan fingerprint density at radius 3 is 2.76 bits per heavy atom. The highest BCUT2D eigenvalue weighted by atomic mass is 19.3. The average Bonchev–Trinajstić information content (AvgIpc) is 3.06. The Kier molecular flexibility index (Phi) is 5.87. The van der Waals surface area contributed by atoms with Crippen LogP contribution in [0.5, 0.6) is 0 Å². The van der Waals surface area contributed by atoms with Crippen molar-refractivity contribution in [2.45, 2.75) is 31.2 Å². The number of pyridine rings is 1. The molecule has 0 saturated carbocycles. The van der Waals surface area contributed by atoms with Crippen LogP contribution in [0.15, 0.2) is 48.8 Å². The molecule has 2 aromatic rings. The highest BCUT2D eigenvalue weighted by molar-refractivity contribution is 5.98. The van der Waals surface area contributed by atoms with Crippen molar-refractivity contribution in [2.24, 2.45) is 0 Å². The van der Waals surface area contributed by atoms with Gasteiger partial charge in [0.1, 0.15) is 6.04 Å². The number of alkyl halides is 2. The number of carbonyl (C=O) groups excluding carboxylic acids is 2. The first-order chi connectivity index (χ1) is 13.8. The van der Waals surface area contributed by atoms with Crippen molar-refractivity contribution in [2.75, 3.05) is 13.1 Å². The van der Waals surface area contributed by atoms with Crippen LogP contribution in [0.2, 0.25) is 0 Å². The van der Waals surface area contributed by atoms with Gasteiger partial charge in [-0.1, -0.05) is 37.3 Å². The number of aromatic nitrogens is 1. The van der Waals surface area contributed by atoms with Gasteiger partial charge in [-0.2, -0.15) is 5.26 Å². The molecule has 0 radical (unpaired) electrons. The van der Waals surface area contributed by atoms with E-state index < -0.39 is 43.3 Å². The third-order valence-electron chi connectivity index (χ3n) is 5.00. The molecule has 1 fully saturated rings. The van der Waals surface area contributed by atoms with Crippen molar-refractivity contribution >= 4 is 11.8 Å². The molecule has 1 aliphatic rings. The molecule has 2 amide bonds. The fourth-order valence-electron chi connectivity index (χ4n) is 3.43. The summed E-state index contributed by atoms with van der Waals surface area (Å²) >= 11 is 0. The summed E-state index contributed by atoms with van der Waals surface area (Å²) in [5.41, 5.74) is 2.04. The quantitative estimate of drug-likeness (QED) is 0.839. The molecule has 0 bridgehead atoms. The van der Waals surface area contributed by atoms with E-state index in [9.17, 15) is 18.4 Å². The van der Waals surface area contributed by atoms with Crippen molar-refractivity contribution in [1.82, 2.24) is 15.2 Å². The number of rotatable bonds is 5. The lowest BCUT2D eigenvalue weighted by Gasteiger charge is -2.20. The van der Waals surface area contributed by atoms with Gasteiger partial charge in [0, 0.05) is 30.3 Å². The zero-order chi connectivity index (χ0) is 21.0. The third kappa shape index (κ3) is 4.57. The van der Waals surface area contributed by atoms with Gasteiger partial charge in [-0.3, -0.25) is 14.6 Å². The van der Waals surface area contributed by atoms with E-state index in [1.807, 2.05) is 37.3 Å². The lowest BCUT2D eigenvalue weighted by atomic mass is 9.91. The number of nitrogens with one attached hydrogen (secondary N) is 1. The third-order valence-corrected chi connectivity index (χ3v) is 5.00. The molecule has 8 heteroatoms. The fourth-order valence-corrected chi connectivity index (χ4v) is 3.43. The molecule has 1 aromatic heterocycles. The van der Waals surface area contributed by atoms with Gasteiger partial charge in [0.25, 0.3) is 11.8 Å². The van der Waals surface area contributed by atoms with Crippen LogP contribution in [0.4, 0.5) is 8.78 Å². The summed E-state index contributed by atoms with van der Waals surface area (Å²) in [6.45, 7) is 0.665. The predicted octanol–water partition coefficient (Wildman–Crippen LogP) is 2.72. The number of nitriles is 1. The number of nitrogens with zero attached hydrogens (tertiary/aromatic N) is 3. The van der Waals surface area contributed by atoms with Crippen molar-refractivity contribution in [3.05, 3.63) is 65.5 Å². The summed E-state index contributed by atoms with van der Waals surface area (Å²) in [4.78, 5) is 29.9. The molecule has 0 aliphatic carbocycles. The monoisotopic (exact) mass is 398 g/mol. The van der Waals surface area contributed by atoms with Gasteiger partial charge in [-0.25, -0.2) is 8.78 Å². The number of benzene rings is 1. The Morgan fingerprint density at radius 1 is 1.34 bits per heavy atom. The van der Waals surface area contributed by atoms with Crippen molar-refractivity contribution in [3.63, 3.8) is 0 Å². The Morgan fingerprint density at radius 2 is 2.07 bits per heavy atom. The second-order valence-corrected chi connectivity index (χ2v) is 7.00. The minimum Gasteiger partial charge on any atom is -0.343 e. The standard InChI is InChI=1S/C21H20F2N4O2/c1-14(15-5-3-2-4-6-15)18-11-25-8-7-17(18)20(29)26-12-19(28)27-13-21(22,23)9-16(27)10-24/h2-8,11,14,16H,9,12-13H2,1H3,(H,26,29). The van der Waals surface area contributed by atoms with Crippen LogP contribution < -0.4 is 5.32 Å². The van der Waals surface area contributed by atoms with Crippen LogP contribution in [0, 0.1) is 11.3 Å². The van der Waals surface area contributed by atoms with Gasteiger partial charge in [-0.05, 0) is 17.2 Å². The number of carbonyl (C=O) groups is 2. The SMILES string of the molecule is CC(c1ccccc1)c1cnccc1C(=O)NCC(=O)N1CC(F)(F)CC1C#N. The number of amides is 2. The first kappa shape index (κ1) is 20.4. The second kappa shape index (κ2) is 8.35. The molecule has 2 heterocycles. The van der Waals surface area contributed by atoms with E-state index in [0.29, 0.717) is 11.1 Å². The van der Waals surface area contributed by atoms with Crippen LogP contribution in [-0.4, -0.2) is 46.8 Å². The molecule has 150 valence electrons. The molecule has 0 spiro atoms. The molecule has 3 rings (SSSR count). The van der Waals surface area contributed by atoms with Gasteiger partial charge >= 0.3 is 0 Å². The van der Waals surface area contributed by atoms with Gasteiger partial charge in [0.15, 0.2) is 0 Å². The minimum absolute atomic E-state index is 0.110. The first-order valence-electron chi connectivity index (χ1n) is 9.16. The van der Waals surface area contributed by atoms with Gasteiger partial charge in [0.05, 0.1) is 19.2 Å². The molecule has 2 unspecified atom stereocenters. The molecule has 1 aromatic carbocycles. The van der Waals surface area contributed by atoms with Crippen LogP contribution in [0.3, 0.4) is 0 Å². The maximum atomic E-state index is 13.5. The minimum atomic E-state index is -3.09. The molecular formula is C21H20F2N4O2. The summed E-state index contributed by atoms with van der Waals surface area (Å²) in [7, 11) is 0. The van der Waals surface area contributed by atoms with Gasteiger partial charge < -0.3 is 10.2 Å². The maximum Gasteiger partial charge on any atom is 0.268 e. The predicted molar refractivity (Wildman–Crippen MR) is 101 cm³/mol. The van der Waals surface area contributed by atoms with E-state index in [0.717, 1.165) is 10.5 Å². The lowest BCUT2D eigenvalue weighted by molar-refractivity contribution is -0.131. The van der Waals surface area contributed by atoms with Gasteiger partial charge in [-0.15, -0.1) is 0 Å². The van der Waals surface area contributed by atoms with E-state index in [1.54, 1.807) is 18.3 Å². The number of hydrogen-bond acceptors (Lipinski definition) is 4. The zero-order valence-electron chi connectivity index (χ0n) is 15.8. The summed E-state index contributed by atoms with van der Waals surface area (Å²) in [6.07, 6.45) is 2.39. The van der Waals surface area contributed by atoms with Crippen LogP contribution in [0.1, 0.15) is 40.7 Å². The molecule has 29 heavy (non-hydrogen) atoms. The number of hydrogen-bond donors (Lipinski definition) is 1. The van der Waals surface area contributed by atoms with Crippen LogP contribution in [-0.2, 0) is 4.79 Å². The number of halogens is 2. The molecule has 6 nitrogen and oxygen atoms in total. The summed E-state index contributed by atoms with van der Waals surface area (Å²) in [5, 5.41) is 11.5. The normalized spacial score (nSPS) is 18.7. The number of likely N-dealkylation sites (tertiary alicyclic amines) is 1. The smallest absolute Gasteiger partial charge is 0.268 e. The largest absolute Gasteiger partial charge is 0.343 e. The molecule has 1 saturated heterocycles. The summed E-state index contributed by atoms with van der Waals surface area (Å²) < 4.78 is 27.0. The molecule has 2 atom stereocenters. The van der Waals surface area contributed by atoms with Crippen molar-refractivity contribution in [3.8, 4) is 6.07 Å². The van der Waals surface area contributed by atoms with Crippen LogP contribution >= 0.6 is 0 Å². The van der Waals surface area contributed by atoms with Gasteiger partial charge in [0.2, 0.25) is 5.91 Å². The molecular weight excluding hydrogens is 378 g/mol. The highest BCUT2D eigenvalue weighted by Crippen LogP contribution is 2.31. The summed E-state index contributed by atoms with van der Waals surface area (Å²) in [6, 6.07) is 11.7. The highest BCUT2D eigenvalue weighted by Gasteiger charge is 2.47. The molecule has 1 N–H and O–H groups in total. The Labute approximate surface area is 167 Å². The van der Waals surface area contributed by atoms with E-state index in [1.165, 1.54) is 6.20 Å². The van der Waals surface area contributed by atoms with E-state index >= 15 is 0 Å². The Balaban J connectivity index is 1.71. The second-order valence-electron chi connectivity index (χ2n) is 7.00. The summed E-state index contributed by atoms with van der Waals surface area (Å²) in [5.74, 6) is -4.42. The topological polar surface area (TPSA) is 86.1 Å². The zero-order valence-corrected chi connectivity index (χ0v) is 15.8. The van der Waals surface area contributed by atoms with Crippen LogP contribution in [0.25, 0.3) is 0 Å². The van der Waals surface area contributed by atoms with E-state index in [2.05, 4.69) is 10.3 Å². The Hall–Kier alpha value is -3.34. The maximum absolute atomic E-state index is 13.5. The van der Waals surface area contributed by atoms with E-state index in [-0.39, 0.29) is 5.92 Å². The fraction of sp³-hybridized carbons (Fsp3) is 0.333. The Bertz CT molecular complexity index is 943. The lowest BCUT2D eigenvalue weighted by Crippen LogP contribution is -2.43. The van der Waals surface area contributed by atoms with Crippen molar-refractivity contribution in [1.29, 1.82) is 5.26 Å². The average molecular weight is 398 g/mol. The molecule has 1 aliphatic heterocycles. The van der Waals surface area contributed by atoms with Crippen molar-refractivity contribution < 1.29 is 18.4 Å². The first-order valence-corrected chi connectivity index (χ1v) is 9.16. The van der Waals surface area contributed by atoms with E-state index in [4.69, 9.17) is 5.26 Å².